The van der Waals surface area contributed by atoms with Gasteiger partial charge in [0.25, 0.3) is 5.91 Å². The standard InChI is InChI=1S/C18H21NO2/c1-5-21-16-8-6-15(7-9-16)19-18(20)17-11-13(3)12(2)10-14(17)4/h6-11H,5H2,1-4H3,(H,19,20). The lowest BCUT2D eigenvalue weighted by Gasteiger charge is -2.11. The van der Waals surface area contributed by atoms with Crippen molar-refractivity contribution < 1.29 is 9.53 Å². The van der Waals surface area contributed by atoms with E-state index in [1.54, 1.807) is 0 Å². The predicted molar refractivity (Wildman–Crippen MR) is 86.2 cm³/mol. The summed E-state index contributed by atoms with van der Waals surface area (Å²) in [5.41, 5.74) is 4.79. The number of hydrogen-bond acceptors (Lipinski definition) is 2. The monoisotopic (exact) mass is 283 g/mol. The van der Waals surface area contributed by atoms with Crippen molar-refractivity contribution in [1.29, 1.82) is 0 Å². The average Bonchev–Trinajstić information content (AvgIpc) is 2.45. The van der Waals surface area contributed by atoms with E-state index in [2.05, 4.69) is 12.2 Å². The molecule has 0 spiro atoms. The van der Waals surface area contributed by atoms with Gasteiger partial charge in [0.1, 0.15) is 5.75 Å². The lowest BCUT2D eigenvalue weighted by atomic mass is 10.0. The first-order valence-electron chi connectivity index (χ1n) is 7.13. The fraction of sp³-hybridized carbons (Fsp3) is 0.278. The van der Waals surface area contributed by atoms with Crippen molar-refractivity contribution in [1.82, 2.24) is 0 Å². The highest BCUT2D eigenvalue weighted by molar-refractivity contribution is 6.05. The Bertz CT molecular complexity index is 645. The number of carbonyl (C=O) groups is 1. The molecule has 0 heterocycles. The third-order valence-electron chi connectivity index (χ3n) is 3.51. The topological polar surface area (TPSA) is 38.3 Å². The van der Waals surface area contributed by atoms with Gasteiger partial charge in [-0.05, 0) is 74.7 Å². The summed E-state index contributed by atoms with van der Waals surface area (Å²) in [7, 11) is 0. The smallest absolute Gasteiger partial charge is 0.255 e. The fourth-order valence-electron chi connectivity index (χ4n) is 2.20. The van der Waals surface area contributed by atoms with Gasteiger partial charge in [0.15, 0.2) is 0 Å². The predicted octanol–water partition coefficient (Wildman–Crippen LogP) is 4.26. The van der Waals surface area contributed by atoms with Gasteiger partial charge in [-0.1, -0.05) is 6.07 Å². The van der Waals surface area contributed by atoms with Crippen LogP contribution in [0.2, 0.25) is 0 Å². The number of benzene rings is 2. The molecule has 21 heavy (non-hydrogen) atoms. The summed E-state index contributed by atoms with van der Waals surface area (Å²) >= 11 is 0. The molecule has 3 heteroatoms. The molecule has 110 valence electrons. The maximum atomic E-state index is 12.4. The van der Waals surface area contributed by atoms with Crippen LogP contribution in [0.15, 0.2) is 36.4 Å². The van der Waals surface area contributed by atoms with Crippen LogP contribution < -0.4 is 10.1 Å². The molecule has 0 aromatic heterocycles. The van der Waals surface area contributed by atoms with Gasteiger partial charge in [0, 0.05) is 11.3 Å². The highest BCUT2D eigenvalue weighted by Gasteiger charge is 2.11. The number of amides is 1. The minimum absolute atomic E-state index is 0.0836. The number of ether oxygens (including phenoxy) is 1. The van der Waals surface area contributed by atoms with Crippen molar-refractivity contribution in [3.63, 3.8) is 0 Å². The minimum atomic E-state index is -0.0836. The molecule has 2 rings (SSSR count). The molecule has 0 aliphatic rings. The van der Waals surface area contributed by atoms with Gasteiger partial charge in [0.05, 0.1) is 6.61 Å². The zero-order chi connectivity index (χ0) is 15.4. The first kappa shape index (κ1) is 15.1. The van der Waals surface area contributed by atoms with Crippen molar-refractivity contribution in [2.24, 2.45) is 0 Å². The van der Waals surface area contributed by atoms with Crippen LogP contribution in [0.5, 0.6) is 5.75 Å². The van der Waals surface area contributed by atoms with Crippen molar-refractivity contribution in [3.8, 4) is 5.75 Å². The molecule has 1 N–H and O–H groups in total. The molecule has 1 amide bonds. The van der Waals surface area contributed by atoms with E-state index in [0.717, 1.165) is 22.6 Å². The quantitative estimate of drug-likeness (QED) is 0.910. The normalized spacial score (nSPS) is 10.3. The Hall–Kier alpha value is -2.29. The first-order valence-corrected chi connectivity index (χ1v) is 7.13. The number of hydrogen-bond donors (Lipinski definition) is 1. The van der Waals surface area contributed by atoms with Crippen molar-refractivity contribution in [3.05, 3.63) is 58.7 Å². The second-order valence-corrected chi connectivity index (χ2v) is 5.16. The summed E-state index contributed by atoms with van der Waals surface area (Å²) in [5.74, 6) is 0.720. The molecule has 3 nitrogen and oxygen atoms in total. The minimum Gasteiger partial charge on any atom is -0.494 e. The molecule has 0 aliphatic carbocycles. The van der Waals surface area contributed by atoms with Crippen LogP contribution in [-0.2, 0) is 0 Å². The molecule has 0 saturated heterocycles. The molecule has 0 unspecified atom stereocenters. The summed E-state index contributed by atoms with van der Waals surface area (Å²) in [6.45, 7) is 8.60. The van der Waals surface area contributed by atoms with Crippen molar-refractivity contribution in [2.45, 2.75) is 27.7 Å². The van der Waals surface area contributed by atoms with E-state index >= 15 is 0 Å². The molecule has 0 fully saturated rings. The number of rotatable bonds is 4. The third kappa shape index (κ3) is 3.63. The van der Waals surface area contributed by atoms with Gasteiger partial charge in [-0.25, -0.2) is 0 Å². The van der Waals surface area contributed by atoms with E-state index in [1.165, 1.54) is 5.56 Å². The summed E-state index contributed by atoms with van der Waals surface area (Å²) < 4.78 is 5.39. The Morgan fingerprint density at radius 2 is 1.62 bits per heavy atom. The Balaban J connectivity index is 2.16. The second kappa shape index (κ2) is 6.44. The molecule has 0 aliphatic heterocycles. The van der Waals surface area contributed by atoms with Crippen LogP contribution in [0.1, 0.15) is 34.0 Å². The van der Waals surface area contributed by atoms with E-state index in [9.17, 15) is 4.79 Å². The SMILES string of the molecule is CCOc1ccc(NC(=O)c2cc(C)c(C)cc2C)cc1. The molecular formula is C18H21NO2. The molecular weight excluding hydrogens is 262 g/mol. The van der Waals surface area contributed by atoms with Gasteiger partial charge in [-0.3, -0.25) is 4.79 Å². The lowest BCUT2D eigenvalue weighted by molar-refractivity contribution is 0.102. The van der Waals surface area contributed by atoms with Gasteiger partial charge >= 0.3 is 0 Å². The fourth-order valence-corrected chi connectivity index (χ4v) is 2.20. The van der Waals surface area contributed by atoms with Crippen LogP contribution in [0.4, 0.5) is 5.69 Å². The van der Waals surface area contributed by atoms with Crippen LogP contribution in [-0.4, -0.2) is 12.5 Å². The maximum Gasteiger partial charge on any atom is 0.255 e. The summed E-state index contributed by atoms with van der Waals surface area (Å²) in [5, 5.41) is 2.92. The van der Waals surface area contributed by atoms with Crippen molar-refractivity contribution >= 4 is 11.6 Å². The van der Waals surface area contributed by atoms with Gasteiger partial charge in [0.2, 0.25) is 0 Å². The summed E-state index contributed by atoms with van der Waals surface area (Å²) in [4.78, 5) is 12.4. The molecule has 0 saturated carbocycles. The Labute approximate surface area is 126 Å². The van der Waals surface area contributed by atoms with Crippen LogP contribution >= 0.6 is 0 Å². The van der Waals surface area contributed by atoms with E-state index in [-0.39, 0.29) is 5.91 Å². The highest BCUT2D eigenvalue weighted by atomic mass is 16.5. The first-order chi connectivity index (χ1) is 10.0. The summed E-state index contributed by atoms with van der Waals surface area (Å²) in [6, 6.07) is 11.4. The molecule has 0 bridgehead atoms. The van der Waals surface area contributed by atoms with Crippen LogP contribution in [0, 0.1) is 20.8 Å². The van der Waals surface area contributed by atoms with Gasteiger partial charge < -0.3 is 10.1 Å². The zero-order valence-corrected chi connectivity index (χ0v) is 13.0. The number of nitrogens with one attached hydrogen (secondary N) is 1. The van der Waals surface area contributed by atoms with Crippen LogP contribution in [0.3, 0.4) is 0 Å². The maximum absolute atomic E-state index is 12.4. The number of aryl methyl sites for hydroxylation is 3. The number of carbonyl (C=O) groups excluding carboxylic acids is 1. The highest BCUT2D eigenvalue weighted by Crippen LogP contribution is 2.19. The summed E-state index contributed by atoms with van der Waals surface area (Å²) in [6.07, 6.45) is 0. The van der Waals surface area contributed by atoms with Crippen LogP contribution in [0.25, 0.3) is 0 Å². The molecule has 0 atom stereocenters. The largest absolute Gasteiger partial charge is 0.494 e. The Kier molecular flexibility index (Phi) is 4.63. The van der Waals surface area contributed by atoms with Gasteiger partial charge in [-0.2, -0.15) is 0 Å². The molecule has 0 radical (unpaired) electrons. The van der Waals surface area contributed by atoms with E-state index in [4.69, 9.17) is 4.74 Å². The second-order valence-electron chi connectivity index (χ2n) is 5.16. The lowest BCUT2D eigenvalue weighted by Crippen LogP contribution is -2.14. The Morgan fingerprint density at radius 1 is 1.00 bits per heavy atom. The average molecular weight is 283 g/mol. The molecule has 2 aromatic carbocycles. The zero-order valence-electron chi connectivity index (χ0n) is 13.0. The van der Waals surface area contributed by atoms with Gasteiger partial charge in [-0.15, -0.1) is 0 Å². The van der Waals surface area contributed by atoms with E-state index in [0.29, 0.717) is 12.2 Å². The third-order valence-corrected chi connectivity index (χ3v) is 3.51. The van der Waals surface area contributed by atoms with E-state index < -0.39 is 0 Å². The van der Waals surface area contributed by atoms with E-state index in [1.807, 2.05) is 57.2 Å². The number of anilines is 1. The Morgan fingerprint density at radius 3 is 2.24 bits per heavy atom. The van der Waals surface area contributed by atoms with Crippen molar-refractivity contribution in [2.75, 3.05) is 11.9 Å². The molecule has 2 aromatic rings.